The van der Waals surface area contributed by atoms with Crippen LogP contribution in [-0.4, -0.2) is 31.9 Å². The van der Waals surface area contributed by atoms with Gasteiger partial charge in [-0.3, -0.25) is 20.2 Å². The number of benzene rings is 1. The van der Waals surface area contributed by atoms with Gasteiger partial charge < -0.3 is 0 Å². The van der Waals surface area contributed by atoms with E-state index < -0.39 is 11.7 Å². The molecule has 1 aromatic carbocycles. The molecule has 3 heterocycles. The van der Waals surface area contributed by atoms with Crippen molar-refractivity contribution < 1.29 is 8.78 Å². The van der Waals surface area contributed by atoms with Gasteiger partial charge in [-0.2, -0.15) is 13.9 Å². The van der Waals surface area contributed by atoms with Crippen LogP contribution >= 0.6 is 11.9 Å². The lowest BCUT2D eigenvalue weighted by Gasteiger charge is -2.14. The molecule has 0 saturated heterocycles. The lowest BCUT2D eigenvalue weighted by atomic mass is 10.0. The lowest BCUT2D eigenvalue weighted by Crippen LogP contribution is -2.17. The summed E-state index contributed by atoms with van der Waals surface area (Å²) in [6, 6.07) is 7.90. The molecule has 1 atom stereocenters. The van der Waals surface area contributed by atoms with Crippen LogP contribution in [0.25, 0.3) is 17.0 Å². The van der Waals surface area contributed by atoms with Gasteiger partial charge in [-0.1, -0.05) is 12.1 Å². The topological polar surface area (TPSA) is 90.3 Å². The fourth-order valence-corrected chi connectivity index (χ4v) is 3.56. The van der Waals surface area contributed by atoms with E-state index in [0.29, 0.717) is 10.9 Å². The van der Waals surface area contributed by atoms with E-state index in [1.807, 2.05) is 13.0 Å². The number of hydrogen-bond donors (Lipinski definition) is 3. The highest BCUT2D eigenvalue weighted by molar-refractivity contribution is 8.02. The third-order valence-corrected chi connectivity index (χ3v) is 5.25. The first-order valence-corrected chi connectivity index (χ1v) is 9.32. The van der Waals surface area contributed by atoms with Crippen LogP contribution in [0.1, 0.15) is 24.1 Å². The molecule has 2 aromatic heterocycles. The second kappa shape index (κ2) is 7.25. The third kappa shape index (κ3) is 3.58. The predicted molar refractivity (Wildman–Crippen MR) is 106 cm³/mol. The summed E-state index contributed by atoms with van der Waals surface area (Å²) < 4.78 is 32.9. The molecule has 142 valence electrons. The van der Waals surface area contributed by atoms with Crippen molar-refractivity contribution in [3.63, 3.8) is 0 Å². The van der Waals surface area contributed by atoms with Gasteiger partial charge >= 0.3 is 5.92 Å². The molecule has 0 bridgehead atoms. The van der Waals surface area contributed by atoms with Crippen LogP contribution in [0.4, 0.5) is 8.78 Å². The number of hydrogen-bond acceptors (Lipinski definition) is 6. The molecular weight excluding hydrogens is 382 g/mol. The van der Waals surface area contributed by atoms with Crippen LogP contribution in [0.15, 0.2) is 53.6 Å². The van der Waals surface area contributed by atoms with Crippen LogP contribution in [0.2, 0.25) is 0 Å². The van der Waals surface area contributed by atoms with E-state index in [4.69, 9.17) is 5.41 Å². The molecule has 0 saturated carbocycles. The van der Waals surface area contributed by atoms with Gasteiger partial charge in [-0.25, -0.2) is 4.98 Å². The largest absolute Gasteiger partial charge is 0.331 e. The van der Waals surface area contributed by atoms with Gasteiger partial charge in [-0.05, 0) is 55.3 Å². The molecule has 28 heavy (non-hydrogen) atoms. The lowest BCUT2D eigenvalue weighted by molar-refractivity contribution is 0.0333. The Morgan fingerprint density at radius 1 is 1.32 bits per heavy atom. The predicted octanol–water partition coefficient (Wildman–Crippen LogP) is 4.05. The van der Waals surface area contributed by atoms with Crippen molar-refractivity contribution in [1.29, 1.82) is 5.41 Å². The normalized spacial score (nSPS) is 17.4. The van der Waals surface area contributed by atoms with Crippen molar-refractivity contribution in [2.75, 3.05) is 0 Å². The zero-order chi connectivity index (χ0) is 19.7. The number of rotatable bonds is 5. The highest BCUT2D eigenvalue weighted by Crippen LogP contribution is 2.34. The van der Waals surface area contributed by atoms with E-state index in [0.717, 1.165) is 4.91 Å². The van der Waals surface area contributed by atoms with Crippen molar-refractivity contribution in [1.82, 2.24) is 24.9 Å². The molecule has 3 aromatic rings. The zero-order valence-corrected chi connectivity index (χ0v) is 15.6. The first-order chi connectivity index (χ1) is 13.4. The van der Waals surface area contributed by atoms with E-state index in [-0.39, 0.29) is 23.1 Å². The second-order valence-electron chi connectivity index (χ2n) is 6.31. The Balaban J connectivity index is 1.56. The average molecular weight is 398 g/mol. The van der Waals surface area contributed by atoms with E-state index in [1.54, 1.807) is 24.4 Å². The summed E-state index contributed by atoms with van der Waals surface area (Å²) in [5.74, 6) is -3.79. The molecule has 0 spiro atoms. The van der Waals surface area contributed by atoms with Crippen LogP contribution in [0.5, 0.6) is 0 Å². The molecule has 4 rings (SSSR count). The third-order valence-electron chi connectivity index (χ3n) is 4.19. The Hall–Kier alpha value is -2.91. The Labute approximate surface area is 163 Å². The number of nitrogens with zero attached hydrogens (tertiary/aromatic N) is 3. The van der Waals surface area contributed by atoms with Gasteiger partial charge in [0.05, 0.1) is 11.2 Å². The number of aromatic amines is 1. The molecule has 1 aliphatic rings. The zero-order valence-electron chi connectivity index (χ0n) is 14.8. The summed E-state index contributed by atoms with van der Waals surface area (Å²) in [7, 11) is 0. The number of H-pyrrole nitrogens is 1. The van der Waals surface area contributed by atoms with Crippen molar-refractivity contribution in [3.05, 3.63) is 70.8 Å². The van der Waals surface area contributed by atoms with Gasteiger partial charge in [0.2, 0.25) is 0 Å². The molecule has 3 N–H and O–H groups in total. The summed E-state index contributed by atoms with van der Waals surface area (Å²) in [5.41, 5.74) is 0.714. The van der Waals surface area contributed by atoms with E-state index in [2.05, 4.69) is 24.9 Å². The van der Waals surface area contributed by atoms with Gasteiger partial charge in [0.15, 0.2) is 11.6 Å². The Morgan fingerprint density at radius 2 is 2.18 bits per heavy atom. The highest BCUT2D eigenvalue weighted by atomic mass is 32.2. The molecule has 0 aliphatic carbocycles. The van der Waals surface area contributed by atoms with E-state index >= 15 is 0 Å². The number of allylic oxidation sites excluding steroid dienone is 2. The minimum Gasteiger partial charge on any atom is -0.300 e. The maximum atomic E-state index is 14.9. The fraction of sp³-hybridized carbons (Fsp3) is 0.158. The number of pyridine rings is 1. The van der Waals surface area contributed by atoms with Gasteiger partial charge in [0, 0.05) is 28.1 Å². The summed E-state index contributed by atoms with van der Waals surface area (Å²) >= 11 is 1.36. The van der Waals surface area contributed by atoms with Crippen LogP contribution < -0.4 is 4.72 Å². The maximum Gasteiger partial charge on any atom is 0.331 e. The quantitative estimate of drug-likeness (QED) is 0.446. The van der Waals surface area contributed by atoms with Crippen molar-refractivity contribution in [2.24, 2.45) is 0 Å². The monoisotopic (exact) mass is 398 g/mol. The molecule has 0 amide bonds. The average Bonchev–Trinajstić information content (AvgIpc) is 3.35. The Bertz CT molecular complexity index is 1100. The second-order valence-corrected chi connectivity index (χ2v) is 7.19. The summed E-state index contributed by atoms with van der Waals surface area (Å²) in [6.45, 7) is 1.98. The van der Waals surface area contributed by atoms with Crippen LogP contribution in [0.3, 0.4) is 0 Å². The molecule has 0 radical (unpaired) electrons. The van der Waals surface area contributed by atoms with Crippen molar-refractivity contribution in [2.45, 2.75) is 18.9 Å². The van der Waals surface area contributed by atoms with E-state index in [1.165, 1.54) is 36.2 Å². The van der Waals surface area contributed by atoms with Crippen LogP contribution in [0, 0.1) is 5.41 Å². The standard InChI is InChI=1S/C19H16F2N6S/c1-11-9-16(28-27-11)14(22)5-7-17-24-18(26-25-17)19(20,21)13-4-6-15-12(10-13)3-2-8-23-15/h2-11,22,27H,1H3,(H,24,25,26)/b7-5-,22-14?. The smallest absolute Gasteiger partial charge is 0.300 e. The number of aromatic nitrogens is 4. The van der Waals surface area contributed by atoms with E-state index in [9.17, 15) is 8.78 Å². The van der Waals surface area contributed by atoms with Crippen molar-refractivity contribution in [3.8, 4) is 0 Å². The van der Waals surface area contributed by atoms with Crippen molar-refractivity contribution >= 4 is 34.6 Å². The van der Waals surface area contributed by atoms with Gasteiger partial charge in [0.1, 0.15) is 0 Å². The highest BCUT2D eigenvalue weighted by Gasteiger charge is 2.38. The van der Waals surface area contributed by atoms with Gasteiger partial charge in [-0.15, -0.1) is 0 Å². The molecule has 6 nitrogen and oxygen atoms in total. The molecule has 0 fully saturated rings. The maximum absolute atomic E-state index is 14.9. The first kappa shape index (κ1) is 18.5. The van der Waals surface area contributed by atoms with Gasteiger partial charge in [0.25, 0.3) is 0 Å². The minimum atomic E-state index is -3.33. The number of halogens is 2. The number of nitrogens with one attached hydrogen (secondary N) is 3. The molecule has 9 heteroatoms. The first-order valence-electron chi connectivity index (χ1n) is 8.50. The molecule has 1 aliphatic heterocycles. The minimum absolute atomic E-state index is 0.0893. The fourth-order valence-electron chi connectivity index (χ4n) is 2.73. The summed E-state index contributed by atoms with van der Waals surface area (Å²) in [6.07, 6.45) is 6.46. The molecular formula is C19H16F2N6S. The SMILES string of the molecule is CC1C=C(C(=N)/C=C\c2n[nH]c(C(F)(F)c3ccc4ncccc4c3)n2)SN1. The molecule has 1 unspecified atom stereocenters. The summed E-state index contributed by atoms with van der Waals surface area (Å²) in [5, 5.41) is 14.8. The number of fused-ring (bicyclic) bond motifs is 1. The Morgan fingerprint density at radius 3 is 2.96 bits per heavy atom. The Kier molecular flexibility index (Phi) is 4.78. The summed E-state index contributed by atoms with van der Waals surface area (Å²) in [4.78, 5) is 8.81. The number of alkyl halides is 2. The van der Waals surface area contributed by atoms with Crippen LogP contribution in [-0.2, 0) is 5.92 Å².